The van der Waals surface area contributed by atoms with Gasteiger partial charge in [-0.3, -0.25) is 4.79 Å². The number of carbonyl (C=O) groups excluding carboxylic acids is 1. The van der Waals surface area contributed by atoms with Gasteiger partial charge in [0.25, 0.3) is 0 Å². The molecule has 0 fully saturated rings. The molecule has 0 atom stereocenters. The van der Waals surface area contributed by atoms with E-state index in [-0.39, 0.29) is 5.78 Å². The second-order valence-corrected chi connectivity index (χ2v) is 4.59. The molecule has 1 aromatic heterocycles. The first kappa shape index (κ1) is 12.5. The molecule has 0 saturated carbocycles. The lowest BCUT2D eigenvalue weighted by Crippen LogP contribution is -2.02. The third-order valence-electron chi connectivity index (χ3n) is 3.31. The summed E-state index contributed by atoms with van der Waals surface area (Å²) < 4.78 is 10.5. The molecule has 2 aromatic carbocycles. The fourth-order valence-electron chi connectivity index (χ4n) is 2.22. The zero-order chi connectivity index (χ0) is 13.9. The Bertz CT molecular complexity index is 738. The molecule has 0 bridgehead atoms. The maximum Gasteiger partial charge on any atom is 0.171 e. The van der Waals surface area contributed by atoms with Crippen LogP contribution in [0.2, 0.25) is 0 Å². The Labute approximate surface area is 116 Å². The average Bonchev–Trinajstić information content (AvgIpc) is 2.92. The first-order chi connectivity index (χ1) is 9.78. The van der Waals surface area contributed by atoms with Crippen LogP contribution in [0.3, 0.4) is 0 Å². The van der Waals surface area contributed by atoms with Crippen LogP contribution in [0, 0.1) is 0 Å². The van der Waals surface area contributed by atoms with Crippen LogP contribution in [-0.4, -0.2) is 12.9 Å². The minimum atomic E-state index is 0.0557. The molecule has 0 amide bonds. The van der Waals surface area contributed by atoms with Crippen molar-refractivity contribution in [3.05, 3.63) is 65.9 Å². The number of carbonyl (C=O) groups is 1. The molecule has 3 heteroatoms. The van der Waals surface area contributed by atoms with E-state index in [0.717, 1.165) is 22.3 Å². The largest absolute Gasteiger partial charge is 0.497 e. The number of hydrogen-bond donors (Lipinski definition) is 0. The summed E-state index contributed by atoms with van der Waals surface area (Å²) in [6, 6.07) is 15.1. The van der Waals surface area contributed by atoms with E-state index in [9.17, 15) is 4.79 Å². The number of furan rings is 1. The Balaban J connectivity index is 1.85. The molecule has 20 heavy (non-hydrogen) atoms. The Morgan fingerprint density at radius 1 is 1.10 bits per heavy atom. The Morgan fingerprint density at radius 2 is 1.85 bits per heavy atom. The molecule has 0 unspecified atom stereocenters. The Hall–Kier alpha value is -2.55. The van der Waals surface area contributed by atoms with E-state index >= 15 is 0 Å². The number of benzene rings is 2. The third-order valence-corrected chi connectivity index (χ3v) is 3.31. The van der Waals surface area contributed by atoms with E-state index in [1.54, 1.807) is 7.11 Å². The number of methoxy groups -OCH3 is 1. The monoisotopic (exact) mass is 266 g/mol. The van der Waals surface area contributed by atoms with Crippen molar-refractivity contribution in [1.29, 1.82) is 0 Å². The van der Waals surface area contributed by atoms with Gasteiger partial charge in [0.15, 0.2) is 5.78 Å². The first-order valence-corrected chi connectivity index (χ1v) is 6.40. The van der Waals surface area contributed by atoms with Gasteiger partial charge in [-0.2, -0.15) is 0 Å². The summed E-state index contributed by atoms with van der Waals surface area (Å²) in [5.74, 6) is 0.843. The third kappa shape index (κ3) is 2.30. The predicted octanol–water partition coefficient (Wildman–Crippen LogP) is 3.87. The molecule has 100 valence electrons. The van der Waals surface area contributed by atoms with E-state index in [4.69, 9.17) is 9.15 Å². The number of rotatable bonds is 4. The Kier molecular flexibility index (Phi) is 3.25. The molecular formula is C17H14O3. The van der Waals surface area contributed by atoms with Crippen LogP contribution in [0.15, 0.2) is 59.2 Å². The molecule has 3 rings (SSSR count). The van der Waals surface area contributed by atoms with Crippen molar-refractivity contribution in [1.82, 2.24) is 0 Å². The first-order valence-electron chi connectivity index (χ1n) is 6.40. The van der Waals surface area contributed by atoms with Gasteiger partial charge in [0.1, 0.15) is 17.6 Å². The van der Waals surface area contributed by atoms with Crippen molar-refractivity contribution < 1.29 is 13.9 Å². The minimum Gasteiger partial charge on any atom is -0.497 e. The van der Waals surface area contributed by atoms with E-state index in [1.165, 1.54) is 6.26 Å². The molecule has 0 aliphatic rings. The van der Waals surface area contributed by atoms with Crippen LogP contribution < -0.4 is 4.74 Å². The van der Waals surface area contributed by atoms with Crippen molar-refractivity contribution >= 4 is 16.8 Å². The number of Topliss-reactive ketones (excluding diaryl/α,β-unsaturated/α-hetero) is 1. The average molecular weight is 266 g/mol. The molecule has 0 aliphatic heterocycles. The molecule has 3 nitrogen and oxygen atoms in total. The zero-order valence-corrected chi connectivity index (χ0v) is 11.1. The number of hydrogen-bond acceptors (Lipinski definition) is 3. The van der Waals surface area contributed by atoms with Crippen LogP contribution in [0.25, 0.3) is 11.0 Å². The maximum atomic E-state index is 12.4. The highest BCUT2D eigenvalue weighted by Gasteiger charge is 2.13. The number of ketones is 1. The molecule has 0 N–H and O–H groups in total. The molecule has 0 radical (unpaired) electrons. The number of para-hydroxylation sites is 1. The van der Waals surface area contributed by atoms with Gasteiger partial charge in [-0.25, -0.2) is 0 Å². The lowest BCUT2D eigenvalue weighted by molar-refractivity contribution is 0.0993. The molecule has 3 aromatic rings. The predicted molar refractivity (Wildman–Crippen MR) is 77.2 cm³/mol. The lowest BCUT2D eigenvalue weighted by atomic mass is 10.0. The zero-order valence-electron chi connectivity index (χ0n) is 11.1. The van der Waals surface area contributed by atoms with E-state index in [1.807, 2.05) is 48.5 Å². The van der Waals surface area contributed by atoms with Crippen LogP contribution in [0.5, 0.6) is 5.75 Å². The molecular weight excluding hydrogens is 252 g/mol. The summed E-state index contributed by atoms with van der Waals surface area (Å²) in [6.07, 6.45) is 1.89. The van der Waals surface area contributed by atoms with Crippen molar-refractivity contribution in [2.24, 2.45) is 0 Å². The second kappa shape index (κ2) is 5.21. The normalized spacial score (nSPS) is 10.7. The minimum absolute atomic E-state index is 0.0557. The van der Waals surface area contributed by atoms with Crippen LogP contribution in [-0.2, 0) is 6.42 Å². The number of fused-ring (bicyclic) bond motifs is 1. The molecule has 0 saturated heterocycles. The maximum absolute atomic E-state index is 12.4. The van der Waals surface area contributed by atoms with Crippen molar-refractivity contribution in [2.75, 3.05) is 7.11 Å². The number of ether oxygens (including phenoxy) is 1. The van der Waals surface area contributed by atoms with Crippen LogP contribution in [0.4, 0.5) is 0 Å². The van der Waals surface area contributed by atoms with Gasteiger partial charge in [0.05, 0.1) is 12.7 Å². The highest BCUT2D eigenvalue weighted by molar-refractivity contribution is 6.07. The van der Waals surface area contributed by atoms with E-state index in [0.29, 0.717) is 12.0 Å². The highest BCUT2D eigenvalue weighted by atomic mass is 16.5. The van der Waals surface area contributed by atoms with Gasteiger partial charge < -0.3 is 9.15 Å². The fourth-order valence-corrected chi connectivity index (χ4v) is 2.22. The van der Waals surface area contributed by atoms with Crippen molar-refractivity contribution in [2.45, 2.75) is 6.42 Å². The van der Waals surface area contributed by atoms with Crippen LogP contribution in [0.1, 0.15) is 15.9 Å². The van der Waals surface area contributed by atoms with Gasteiger partial charge in [-0.1, -0.05) is 30.3 Å². The van der Waals surface area contributed by atoms with Crippen molar-refractivity contribution in [3.63, 3.8) is 0 Å². The van der Waals surface area contributed by atoms with E-state index in [2.05, 4.69) is 0 Å². The summed E-state index contributed by atoms with van der Waals surface area (Å²) in [4.78, 5) is 12.4. The quantitative estimate of drug-likeness (QED) is 0.673. The summed E-state index contributed by atoms with van der Waals surface area (Å²) >= 11 is 0. The van der Waals surface area contributed by atoms with Gasteiger partial charge in [0.2, 0.25) is 0 Å². The topological polar surface area (TPSA) is 39.4 Å². The smallest absolute Gasteiger partial charge is 0.171 e. The summed E-state index contributed by atoms with van der Waals surface area (Å²) in [7, 11) is 1.62. The van der Waals surface area contributed by atoms with Gasteiger partial charge in [-0.15, -0.1) is 0 Å². The molecule has 0 aliphatic carbocycles. The fraction of sp³-hybridized carbons (Fsp3) is 0.118. The standard InChI is InChI=1S/C17H14O3/c1-19-13-8-6-12(7-9-13)10-16(18)15-11-20-17-5-3-2-4-14(15)17/h2-9,11H,10H2,1H3. The summed E-state index contributed by atoms with van der Waals surface area (Å²) in [6.45, 7) is 0. The summed E-state index contributed by atoms with van der Waals surface area (Å²) in [5, 5.41) is 0.867. The summed E-state index contributed by atoms with van der Waals surface area (Å²) in [5.41, 5.74) is 2.34. The Morgan fingerprint density at radius 3 is 2.60 bits per heavy atom. The van der Waals surface area contributed by atoms with Gasteiger partial charge in [0, 0.05) is 11.8 Å². The van der Waals surface area contributed by atoms with Crippen molar-refractivity contribution in [3.8, 4) is 5.75 Å². The van der Waals surface area contributed by atoms with Gasteiger partial charge >= 0.3 is 0 Å². The van der Waals surface area contributed by atoms with Crippen LogP contribution >= 0.6 is 0 Å². The SMILES string of the molecule is COc1ccc(CC(=O)c2coc3ccccc23)cc1. The molecule has 1 heterocycles. The highest BCUT2D eigenvalue weighted by Crippen LogP contribution is 2.22. The lowest BCUT2D eigenvalue weighted by Gasteiger charge is -2.02. The van der Waals surface area contributed by atoms with E-state index < -0.39 is 0 Å². The second-order valence-electron chi connectivity index (χ2n) is 4.59. The van der Waals surface area contributed by atoms with Gasteiger partial charge in [-0.05, 0) is 23.8 Å². The molecule has 0 spiro atoms.